The molecule has 0 N–H and O–H groups in total. The van der Waals surface area contributed by atoms with Gasteiger partial charge in [0.05, 0.1) is 10.1 Å². The first-order chi connectivity index (χ1) is 9.04. The summed E-state index contributed by atoms with van der Waals surface area (Å²) in [6.07, 6.45) is 8.96. The lowest BCUT2D eigenvalue weighted by atomic mass is 9.77. The lowest BCUT2D eigenvalue weighted by molar-refractivity contribution is 0.472. The molecule has 3 rings (SSSR count). The number of hydrogen-bond acceptors (Lipinski definition) is 2. The smallest absolute Gasteiger partial charge is 0.185 e. The summed E-state index contributed by atoms with van der Waals surface area (Å²) < 4.78 is 25.6. The molecule has 2 nitrogen and oxygen atoms in total. The molecule has 0 fully saturated rings. The molecule has 100 valence electrons. The van der Waals surface area contributed by atoms with Crippen molar-refractivity contribution in [3.63, 3.8) is 0 Å². The Labute approximate surface area is 114 Å². The summed E-state index contributed by atoms with van der Waals surface area (Å²) in [5, 5.41) is -0.382. The maximum atomic E-state index is 12.8. The van der Waals surface area contributed by atoms with Crippen molar-refractivity contribution in [1.29, 1.82) is 0 Å². The fourth-order valence-electron chi connectivity index (χ4n) is 3.23. The van der Waals surface area contributed by atoms with Crippen molar-refractivity contribution < 1.29 is 8.42 Å². The standard InChI is InChI=1S/C16H18O2S/c1-16-11-5-9-14(16)15(10-6-12-16)19(17,18)13-7-3-2-4-8-13/h2-4,6-9,12,15H,5,10-11H2,1H3/t15-,16+/m0/s1. The van der Waals surface area contributed by atoms with Gasteiger partial charge in [0.1, 0.15) is 0 Å². The van der Waals surface area contributed by atoms with E-state index in [1.807, 2.05) is 12.1 Å². The number of fused-ring (bicyclic) bond motifs is 1. The Morgan fingerprint density at radius 1 is 1.21 bits per heavy atom. The maximum absolute atomic E-state index is 12.8. The van der Waals surface area contributed by atoms with Crippen LogP contribution in [0.15, 0.2) is 59.0 Å². The molecule has 2 aliphatic carbocycles. The molecule has 0 spiro atoms. The molecule has 0 saturated heterocycles. The Balaban J connectivity index is 2.06. The van der Waals surface area contributed by atoms with E-state index < -0.39 is 9.84 Å². The lowest BCUT2D eigenvalue weighted by Gasteiger charge is -2.33. The third-order valence-electron chi connectivity index (χ3n) is 4.32. The van der Waals surface area contributed by atoms with E-state index in [4.69, 9.17) is 0 Å². The number of sulfone groups is 1. The topological polar surface area (TPSA) is 34.1 Å². The van der Waals surface area contributed by atoms with Gasteiger partial charge < -0.3 is 0 Å². The molecule has 1 aromatic carbocycles. The highest BCUT2D eigenvalue weighted by Crippen LogP contribution is 2.47. The van der Waals surface area contributed by atoms with Crippen LogP contribution in [0.4, 0.5) is 0 Å². The summed E-state index contributed by atoms with van der Waals surface area (Å²) in [6.45, 7) is 2.15. The number of allylic oxidation sites excluding steroid dienone is 3. The molecule has 19 heavy (non-hydrogen) atoms. The van der Waals surface area contributed by atoms with E-state index in [0.717, 1.165) is 18.4 Å². The molecule has 0 aliphatic heterocycles. The monoisotopic (exact) mass is 274 g/mol. The summed E-state index contributed by atoms with van der Waals surface area (Å²) in [5.74, 6) is 0. The Morgan fingerprint density at radius 2 is 1.95 bits per heavy atom. The van der Waals surface area contributed by atoms with E-state index in [-0.39, 0.29) is 10.7 Å². The molecule has 0 bridgehead atoms. The van der Waals surface area contributed by atoms with E-state index in [2.05, 4.69) is 19.1 Å². The van der Waals surface area contributed by atoms with Crippen LogP contribution in [0.2, 0.25) is 0 Å². The average molecular weight is 274 g/mol. The minimum Gasteiger partial charge on any atom is -0.223 e. The summed E-state index contributed by atoms with van der Waals surface area (Å²) in [7, 11) is -3.27. The molecule has 0 unspecified atom stereocenters. The van der Waals surface area contributed by atoms with Crippen LogP contribution < -0.4 is 0 Å². The zero-order valence-corrected chi connectivity index (χ0v) is 11.9. The van der Waals surface area contributed by atoms with Crippen molar-refractivity contribution in [1.82, 2.24) is 0 Å². The summed E-state index contributed by atoms with van der Waals surface area (Å²) in [6, 6.07) is 8.81. The van der Waals surface area contributed by atoms with Crippen LogP contribution in [0.3, 0.4) is 0 Å². The SMILES string of the molecule is C[C@@]12C=CC[C@H](S(=O)(=O)c3ccccc3)C1=CCC2. The highest BCUT2D eigenvalue weighted by atomic mass is 32.2. The predicted molar refractivity (Wildman–Crippen MR) is 76.6 cm³/mol. The zero-order chi connectivity index (χ0) is 13.5. The highest BCUT2D eigenvalue weighted by molar-refractivity contribution is 7.92. The second-order valence-corrected chi connectivity index (χ2v) is 7.73. The van der Waals surface area contributed by atoms with Gasteiger partial charge in [0.15, 0.2) is 9.84 Å². The Hall–Kier alpha value is -1.35. The van der Waals surface area contributed by atoms with E-state index in [1.165, 1.54) is 0 Å². The van der Waals surface area contributed by atoms with Crippen LogP contribution in [0.5, 0.6) is 0 Å². The third-order valence-corrected chi connectivity index (χ3v) is 6.44. The van der Waals surface area contributed by atoms with Gasteiger partial charge in [0.25, 0.3) is 0 Å². The Kier molecular flexibility index (Phi) is 2.90. The molecule has 0 heterocycles. The van der Waals surface area contributed by atoms with Gasteiger partial charge in [0.2, 0.25) is 0 Å². The summed E-state index contributed by atoms with van der Waals surface area (Å²) >= 11 is 0. The maximum Gasteiger partial charge on any atom is 0.185 e. The van der Waals surface area contributed by atoms with Crippen LogP contribution in [0.1, 0.15) is 26.2 Å². The van der Waals surface area contributed by atoms with E-state index in [1.54, 1.807) is 24.3 Å². The molecule has 0 amide bonds. The van der Waals surface area contributed by atoms with Crippen LogP contribution in [0.25, 0.3) is 0 Å². The molecule has 1 aromatic rings. The van der Waals surface area contributed by atoms with Gasteiger partial charge >= 0.3 is 0 Å². The first kappa shape index (κ1) is 12.7. The second kappa shape index (κ2) is 4.34. The van der Waals surface area contributed by atoms with Gasteiger partial charge in [-0.3, -0.25) is 0 Å². The summed E-state index contributed by atoms with van der Waals surface area (Å²) in [4.78, 5) is 0.436. The van der Waals surface area contributed by atoms with Crippen LogP contribution >= 0.6 is 0 Å². The van der Waals surface area contributed by atoms with Crippen molar-refractivity contribution in [2.45, 2.75) is 36.3 Å². The van der Waals surface area contributed by atoms with E-state index in [0.29, 0.717) is 11.3 Å². The van der Waals surface area contributed by atoms with Crippen LogP contribution in [-0.4, -0.2) is 13.7 Å². The van der Waals surface area contributed by atoms with Crippen LogP contribution in [0, 0.1) is 5.41 Å². The Bertz CT molecular complexity index is 641. The van der Waals surface area contributed by atoms with Crippen molar-refractivity contribution in [3.05, 3.63) is 54.1 Å². The van der Waals surface area contributed by atoms with Gasteiger partial charge in [0, 0.05) is 5.41 Å². The number of hydrogen-bond donors (Lipinski definition) is 0. The van der Waals surface area contributed by atoms with Gasteiger partial charge in [-0.15, -0.1) is 0 Å². The zero-order valence-electron chi connectivity index (χ0n) is 11.0. The van der Waals surface area contributed by atoms with Crippen molar-refractivity contribution in [2.24, 2.45) is 5.41 Å². The van der Waals surface area contributed by atoms with E-state index in [9.17, 15) is 8.42 Å². The minimum atomic E-state index is -3.27. The van der Waals surface area contributed by atoms with E-state index >= 15 is 0 Å². The van der Waals surface area contributed by atoms with Gasteiger partial charge in [-0.1, -0.05) is 43.4 Å². The van der Waals surface area contributed by atoms with Crippen molar-refractivity contribution >= 4 is 9.84 Å². The quantitative estimate of drug-likeness (QED) is 0.773. The molecular weight excluding hydrogens is 256 g/mol. The Morgan fingerprint density at radius 3 is 2.68 bits per heavy atom. The average Bonchev–Trinajstić information content (AvgIpc) is 2.80. The fourth-order valence-corrected chi connectivity index (χ4v) is 5.16. The lowest BCUT2D eigenvalue weighted by Crippen LogP contribution is -2.32. The molecule has 0 radical (unpaired) electrons. The van der Waals surface area contributed by atoms with Crippen LogP contribution in [-0.2, 0) is 9.84 Å². The molecule has 2 aliphatic rings. The normalized spacial score (nSPS) is 29.9. The molecule has 0 aromatic heterocycles. The minimum absolute atomic E-state index is 0.0508. The molecular formula is C16H18O2S. The highest BCUT2D eigenvalue weighted by Gasteiger charge is 2.42. The first-order valence-electron chi connectivity index (χ1n) is 6.71. The summed E-state index contributed by atoms with van der Waals surface area (Å²) in [5.41, 5.74) is 1.05. The second-order valence-electron chi connectivity index (χ2n) is 5.60. The molecule has 3 heteroatoms. The number of benzene rings is 1. The van der Waals surface area contributed by atoms with Gasteiger partial charge in [-0.2, -0.15) is 0 Å². The molecule has 0 saturated carbocycles. The first-order valence-corrected chi connectivity index (χ1v) is 8.26. The number of rotatable bonds is 2. The largest absolute Gasteiger partial charge is 0.223 e. The van der Waals surface area contributed by atoms with Gasteiger partial charge in [-0.05, 0) is 37.0 Å². The molecule has 2 atom stereocenters. The predicted octanol–water partition coefficient (Wildman–Crippen LogP) is 3.52. The van der Waals surface area contributed by atoms with Gasteiger partial charge in [-0.25, -0.2) is 8.42 Å². The fraction of sp³-hybridized carbons (Fsp3) is 0.375. The van der Waals surface area contributed by atoms with Crippen molar-refractivity contribution in [3.8, 4) is 0 Å². The van der Waals surface area contributed by atoms with Crippen molar-refractivity contribution in [2.75, 3.05) is 0 Å². The third kappa shape index (κ3) is 1.96.